The van der Waals surface area contributed by atoms with Crippen molar-refractivity contribution < 1.29 is 9.53 Å². The van der Waals surface area contributed by atoms with E-state index in [1.54, 1.807) is 37.5 Å². The lowest BCUT2D eigenvalue weighted by molar-refractivity contribution is 0.102. The Morgan fingerprint density at radius 1 is 1.30 bits per heavy atom. The number of methoxy groups -OCH3 is 1. The third-order valence-corrected chi connectivity index (χ3v) is 3.09. The SMILES string of the molecule is COc1cc(NC(=O)c2ccn(C)c(=O)c2)ccc1Cl. The van der Waals surface area contributed by atoms with Crippen LogP contribution in [-0.2, 0) is 7.05 Å². The second-order valence-electron chi connectivity index (χ2n) is 4.17. The van der Waals surface area contributed by atoms with E-state index in [1.807, 2.05) is 0 Å². The number of halogens is 1. The van der Waals surface area contributed by atoms with Gasteiger partial charge in [0.1, 0.15) is 5.75 Å². The normalized spacial score (nSPS) is 10.2. The molecule has 0 spiro atoms. The van der Waals surface area contributed by atoms with Gasteiger partial charge >= 0.3 is 0 Å². The maximum Gasteiger partial charge on any atom is 0.255 e. The van der Waals surface area contributed by atoms with E-state index in [0.717, 1.165) is 0 Å². The second-order valence-corrected chi connectivity index (χ2v) is 4.58. The molecule has 2 aromatic rings. The molecule has 0 atom stereocenters. The molecule has 2 rings (SSSR count). The van der Waals surface area contributed by atoms with Crippen LogP contribution in [0.1, 0.15) is 10.4 Å². The monoisotopic (exact) mass is 292 g/mol. The molecule has 1 heterocycles. The van der Waals surface area contributed by atoms with Gasteiger partial charge in [0.05, 0.1) is 12.1 Å². The highest BCUT2D eigenvalue weighted by Gasteiger charge is 2.09. The Morgan fingerprint density at radius 3 is 2.70 bits per heavy atom. The smallest absolute Gasteiger partial charge is 0.255 e. The largest absolute Gasteiger partial charge is 0.495 e. The molecule has 1 N–H and O–H groups in total. The molecule has 0 unspecified atom stereocenters. The third-order valence-electron chi connectivity index (χ3n) is 2.78. The van der Waals surface area contributed by atoms with E-state index in [9.17, 15) is 9.59 Å². The lowest BCUT2D eigenvalue weighted by atomic mass is 10.2. The summed E-state index contributed by atoms with van der Waals surface area (Å²) in [4.78, 5) is 23.5. The zero-order valence-electron chi connectivity index (χ0n) is 11.0. The molecular formula is C14H13ClN2O3. The number of nitrogens with zero attached hydrogens (tertiary/aromatic N) is 1. The number of aryl methyl sites for hydroxylation is 1. The van der Waals surface area contributed by atoms with E-state index in [1.165, 1.54) is 17.7 Å². The van der Waals surface area contributed by atoms with Crippen LogP contribution in [0.15, 0.2) is 41.3 Å². The zero-order chi connectivity index (χ0) is 14.7. The first-order valence-electron chi connectivity index (χ1n) is 5.83. The van der Waals surface area contributed by atoms with Crippen molar-refractivity contribution in [3.05, 3.63) is 57.5 Å². The quantitative estimate of drug-likeness (QED) is 0.944. The van der Waals surface area contributed by atoms with Gasteiger partial charge in [-0.2, -0.15) is 0 Å². The van der Waals surface area contributed by atoms with Gasteiger partial charge < -0.3 is 14.6 Å². The summed E-state index contributed by atoms with van der Waals surface area (Å²) in [5, 5.41) is 3.14. The minimum absolute atomic E-state index is 0.244. The van der Waals surface area contributed by atoms with Gasteiger partial charge in [-0.05, 0) is 18.2 Å². The fourth-order valence-electron chi connectivity index (χ4n) is 1.63. The maximum atomic E-state index is 12.0. The summed E-state index contributed by atoms with van der Waals surface area (Å²) in [6.45, 7) is 0. The van der Waals surface area contributed by atoms with Crippen LogP contribution in [0, 0.1) is 0 Å². The summed E-state index contributed by atoms with van der Waals surface area (Å²) in [6.07, 6.45) is 1.54. The Kier molecular flexibility index (Phi) is 4.10. The van der Waals surface area contributed by atoms with Crippen LogP contribution in [0.5, 0.6) is 5.75 Å². The number of hydrogen-bond donors (Lipinski definition) is 1. The molecule has 0 fully saturated rings. The lowest BCUT2D eigenvalue weighted by Gasteiger charge is -2.08. The Bertz CT molecular complexity index is 710. The molecular weight excluding hydrogens is 280 g/mol. The number of ether oxygens (including phenoxy) is 1. The van der Waals surface area contributed by atoms with Crippen LogP contribution >= 0.6 is 11.6 Å². The van der Waals surface area contributed by atoms with Crippen LogP contribution in [0.3, 0.4) is 0 Å². The maximum absolute atomic E-state index is 12.0. The van der Waals surface area contributed by atoms with E-state index in [2.05, 4.69) is 5.32 Å². The van der Waals surface area contributed by atoms with E-state index in [4.69, 9.17) is 16.3 Å². The molecule has 20 heavy (non-hydrogen) atoms. The van der Waals surface area contributed by atoms with Crippen LogP contribution in [0.2, 0.25) is 5.02 Å². The summed E-state index contributed by atoms with van der Waals surface area (Å²) in [5.41, 5.74) is 0.588. The van der Waals surface area contributed by atoms with Crippen LogP contribution in [-0.4, -0.2) is 17.6 Å². The van der Waals surface area contributed by atoms with Crippen LogP contribution in [0.25, 0.3) is 0 Å². The molecule has 0 aliphatic heterocycles. The molecule has 0 aliphatic rings. The second kappa shape index (κ2) is 5.79. The van der Waals surface area contributed by atoms with E-state index < -0.39 is 0 Å². The minimum Gasteiger partial charge on any atom is -0.495 e. The van der Waals surface area contributed by atoms with Crippen molar-refractivity contribution in [3.8, 4) is 5.75 Å². The fraction of sp³-hybridized carbons (Fsp3) is 0.143. The standard InChI is InChI=1S/C14H13ClN2O3/c1-17-6-5-9(7-13(17)18)14(19)16-10-3-4-11(15)12(8-10)20-2/h3-8H,1-2H3,(H,16,19). The van der Waals surface area contributed by atoms with Gasteiger partial charge in [-0.25, -0.2) is 0 Å². The van der Waals surface area contributed by atoms with Crippen molar-refractivity contribution in [2.45, 2.75) is 0 Å². The molecule has 1 aromatic carbocycles. The Morgan fingerprint density at radius 2 is 2.05 bits per heavy atom. The summed E-state index contributed by atoms with van der Waals surface area (Å²) < 4.78 is 6.46. The number of pyridine rings is 1. The predicted molar refractivity (Wildman–Crippen MR) is 77.6 cm³/mol. The number of anilines is 1. The van der Waals surface area contributed by atoms with Crippen molar-refractivity contribution in [2.75, 3.05) is 12.4 Å². The molecule has 104 valence electrons. The highest BCUT2D eigenvalue weighted by atomic mass is 35.5. The van der Waals surface area contributed by atoms with Crippen LogP contribution in [0.4, 0.5) is 5.69 Å². The predicted octanol–water partition coefficient (Wildman–Crippen LogP) is 2.30. The number of carbonyl (C=O) groups is 1. The number of carbonyl (C=O) groups excluding carboxylic acids is 1. The average molecular weight is 293 g/mol. The van der Waals surface area contributed by atoms with Crippen molar-refractivity contribution in [1.29, 1.82) is 0 Å². The number of aromatic nitrogens is 1. The third kappa shape index (κ3) is 3.00. The average Bonchev–Trinajstić information content (AvgIpc) is 2.43. The van der Waals surface area contributed by atoms with E-state index in [-0.39, 0.29) is 11.5 Å². The highest BCUT2D eigenvalue weighted by Crippen LogP contribution is 2.27. The molecule has 0 saturated heterocycles. The number of benzene rings is 1. The minimum atomic E-state index is -0.368. The number of rotatable bonds is 3. The lowest BCUT2D eigenvalue weighted by Crippen LogP contribution is -2.19. The zero-order valence-corrected chi connectivity index (χ0v) is 11.8. The first-order valence-corrected chi connectivity index (χ1v) is 6.20. The van der Waals surface area contributed by atoms with Crippen molar-refractivity contribution in [3.63, 3.8) is 0 Å². The molecule has 0 aliphatic carbocycles. The van der Waals surface area contributed by atoms with Crippen molar-refractivity contribution in [2.24, 2.45) is 7.05 Å². The van der Waals surface area contributed by atoms with Crippen molar-refractivity contribution in [1.82, 2.24) is 4.57 Å². The molecule has 6 heteroatoms. The van der Waals surface area contributed by atoms with Crippen molar-refractivity contribution >= 4 is 23.2 Å². The molecule has 1 aromatic heterocycles. The van der Waals surface area contributed by atoms with Crippen LogP contribution < -0.4 is 15.6 Å². The Balaban J connectivity index is 2.23. The number of hydrogen-bond acceptors (Lipinski definition) is 3. The topological polar surface area (TPSA) is 60.3 Å². The van der Waals surface area contributed by atoms with Gasteiger partial charge in [0.25, 0.3) is 11.5 Å². The summed E-state index contributed by atoms with van der Waals surface area (Å²) in [5.74, 6) is 0.0977. The first-order chi connectivity index (χ1) is 9.51. The molecule has 1 amide bonds. The Hall–Kier alpha value is -2.27. The molecule has 5 nitrogen and oxygen atoms in total. The summed E-state index contributed by atoms with van der Waals surface area (Å²) >= 11 is 5.91. The van der Waals surface area contributed by atoms with E-state index >= 15 is 0 Å². The molecule has 0 radical (unpaired) electrons. The van der Waals surface area contributed by atoms with Gasteiger partial charge in [0, 0.05) is 36.6 Å². The molecule has 0 bridgehead atoms. The van der Waals surface area contributed by atoms with Gasteiger partial charge in [-0.15, -0.1) is 0 Å². The number of nitrogens with one attached hydrogen (secondary N) is 1. The van der Waals surface area contributed by atoms with Gasteiger partial charge in [0.2, 0.25) is 0 Å². The summed E-state index contributed by atoms with van der Waals surface area (Å²) in [6, 6.07) is 7.75. The first kappa shape index (κ1) is 14.1. The summed E-state index contributed by atoms with van der Waals surface area (Å²) in [7, 11) is 3.11. The Labute approximate surface area is 120 Å². The number of amides is 1. The van der Waals surface area contributed by atoms with Gasteiger partial charge in [-0.1, -0.05) is 11.6 Å². The van der Waals surface area contributed by atoms with Gasteiger partial charge in [0.15, 0.2) is 0 Å². The fourth-order valence-corrected chi connectivity index (χ4v) is 1.83. The van der Waals surface area contributed by atoms with Gasteiger partial charge in [-0.3, -0.25) is 9.59 Å². The van der Waals surface area contributed by atoms with E-state index in [0.29, 0.717) is 22.0 Å². The highest BCUT2D eigenvalue weighted by molar-refractivity contribution is 6.32. The molecule has 0 saturated carbocycles.